The van der Waals surface area contributed by atoms with Gasteiger partial charge >= 0.3 is 0 Å². The van der Waals surface area contributed by atoms with Crippen LogP contribution < -0.4 is 9.64 Å². The summed E-state index contributed by atoms with van der Waals surface area (Å²) in [5.41, 5.74) is 1.76. The summed E-state index contributed by atoms with van der Waals surface area (Å²) in [7, 11) is 1.67. The molecule has 2 fully saturated rings. The molecule has 1 atom stereocenters. The van der Waals surface area contributed by atoms with E-state index in [1.54, 1.807) is 7.11 Å². The summed E-state index contributed by atoms with van der Waals surface area (Å²) in [4.78, 5) is 16.2. The van der Waals surface area contributed by atoms with Crippen LogP contribution in [0.1, 0.15) is 25.7 Å². The minimum Gasteiger partial charge on any atom is -0.496 e. The van der Waals surface area contributed by atoms with Crippen molar-refractivity contribution < 1.29 is 9.53 Å². The number of likely N-dealkylation sites (tertiary alicyclic amines) is 1. The molecule has 0 spiro atoms. The van der Waals surface area contributed by atoms with Crippen molar-refractivity contribution >= 4 is 11.7 Å². The predicted molar refractivity (Wildman–Crippen MR) is 105 cm³/mol. The zero-order valence-electron chi connectivity index (χ0n) is 15.8. The highest BCUT2D eigenvalue weighted by Crippen LogP contribution is 2.29. The van der Waals surface area contributed by atoms with Crippen molar-refractivity contribution in [1.82, 2.24) is 15.1 Å². The number of carbonyl (C=O) groups excluding carboxylic acids is 1. The molecule has 0 radical (unpaired) electrons. The lowest BCUT2D eigenvalue weighted by Crippen LogP contribution is -2.41. The molecule has 0 aliphatic carbocycles. The van der Waals surface area contributed by atoms with Crippen LogP contribution in [0, 0.1) is 5.92 Å². The number of para-hydroxylation sites is 1. The number of amides is 1. The number of hydrogen-bond donors (Lipinski definition) is 0. The zero-order valence-corrected chi connectivity index (χ0v) is 15.8. The van der Waals surface area contributed by atoms with Crippen molar-refractivity contribution in [3.05, 3.63) is 36.4 Å². The van der Waals surface area contributed by atoms with Crippen LogP contribution in [-0.2, 0) is 4.79 Å². The first kappa shape index (κ1) is 17.8. The Morgan fingerprint density at radius 2 is 2.00 bits per heavy atom. The summed E-state index contributed by atoms with van der Waals surface area (Å²) in [6, 6.07) is 11.9. The van der Waals surface area contributed by atoms with Crippen molar-refractivity contribution in [3.63, 3.8) is 0 Å². The minimum absolute atomic E-state index is 0.313. The number of carbonyl (C=O) groups is 1. The van der Waals surface area contributed by atoms with Gasteiger partial charge in [-0.25, -0.2) is 0 Å². The van der Waals surface area contributed by atoms with E-state index < -0.39 is 0 Å². The van der Waals surface area contributed by atoms with Gasteiger partial charge in [0.1, 0.15) is 5.75 Å². The summed E-state index contributed by atoms with van der Waals surface area (Å²) >= 11 is 0. The highest BCUT2D eigenvalue weighted by Gasteiger charge is 2.27. The largest absolute Gasteiger partial charge is 0.496 e. The maximum absolute atomic E-state index is 11.9. The van der Waals surface area contributed by atoms with Gasteiger partial charge in [-0.15, -0.1) is 10.2 Å². The number of ether oxygens (including phenoxy) is 1. The fourth-order valence-electron chi connectivity index (χ4n) is 4.12. The Hall–Kier alpha value is -2.63. The molecule has 3 heterocycles. The minimum atomic E-state index is 0.313. The quantitative estimate of drug-likeness (QED) is 0.814. The average molecular weight is 366 g/mol. The average Bonchev–Trinajstić information content (AvgIpc) is 3.13. The first-order valence-corrected chi connectivity index (χ1v) is 9.74. The Morgan fingerprint density at radius 1 is 1.11 bits per heavy atom. The van der Waals surface area contributed by atoms with Gasteiger partial charge in [-0.3, -0.25) is 4.79 Å². The van der Waals surface area contributed by atoms with E-state index in [2.05, 4.69) is 15.1 Å². The maximum Gasteiger partial charge on any atom is 0.222 e. The molecule has 1 aromatic heterocycles. The third-order valence-corrected chi connectivity index (χ3v) is 5.53. The van der Waals surface area contributed by atoms with Crippen molar-refractivity contribution in [1.29, 1.82) is 0 Å². The first-order valence-electron chi connectivity index (χ1n) is 9.74. The normalized spacial score (nSPS) is 20.2. The topological polar surface area (TPSA) is 58.6 Å². The molecule has 0 N–H and O–H groups in total. The van der Waals surface area contributed by atoms with E-state index in [0.29, 0.717) is 18.2 Å². The van der Waals surface area contributed by atoms with E-state index in [1.165, 1.54) is 6.42 Å². The van der Waals surface area contributed by atoms with Gasteiger partial charge in [-0.2, -0.15) is 0 Å². The lowest BCUT2D eigenvalue weighted by atomic mass is 9.97. The van der Waals surface area contributed by atoms with Crippen LogP contribution in [0.4, 0.5) is 5.82 Å². The molecule has 1 unspecified atom stereocenters. The van der Waals surface area contributed by atoms with E-state index in [9.17, 15) is 4.79 Å². The smallest absolute Gasteiger partial charge is 0.222 e. The number of hydrogen-bond acceptors (Lipinski definition) is 5. The lowest BCUT2D eigenvalue weighted by molar-refractivity contribution is -0.128. The van der Waals surface area contributed by atoms with E-state index >= 15 is 0 Å². The molecule has 142 valence electrons. The number of anilines is 1. The van der Waals surface area contributed by atoms with Crippen LogP contribution in [0.3, 0.4) is 0 Å². The van der Waals surface area contributed by atoms with Crippen LogP contribution >= 0.6 is 0 Å². The highest BCUT2D eigenvalue weighted by atomic mass is 16.5. The van der Waals surface area contributed by atoms with Crippen LogP contribution in [0.15, 0.2) is 36.4 Å². The van der Waals surface area contributed by atoms with Crippen LogP contribution in [0.25, 0.3) is 11.3 Å². The van der Waals surface area contributed by atoms with Crippen molar-refractivity contribution in [2.24, 2.45) is 5.92 Å². The molecule has 1 amide bonds. The monoisotopic (exact) mass is 366 g/mol. The molecule has 2 aliphatic rings. The molecule has 2 aliphatic heterocycles. The molecular formula is C21H26N4O2. The first-order chi connectivity index (χ1) is 13.2. The Morgan fingerprint density at radius 3 is 2.74 bits per heavy atom. The molecule has 6 heteroatoms. The number of aromatic nitrogens is 2. The van der Waals surface area contributed by atoms with Gasteiger partial charge < -0.3 is 14.5 Å². The van der Waals surface area contributed by atoms with Crippen LogP contribution in [0.5, 0.6) is 5.75 Å². The van der Waals surface area contributed by atoms with E-state index in [4.69, 9.17) is 4.74 Å². The molecule has 27 heavy (non-hydrogen) atoms. The summed E-state index contributed by atoms with van der Waals surface area (Å²) < 4.78 is 5.42. The molecular weight excluding hydrogens is 340 g/mol. The highest BCUT2D eigenvalue weighted by molar-refractivity contribution is 5.78. The van der Waals surface area contributed by atoms with Crippen LogP contribution in [0.2, 0.25) is 0 Å². The van der Waals surface area contributed by atoms with Gasteiger partial charge in [-0.05, 0) is 49.4 Å². The number of nitrogens with zero attached hydrogens (tertiary/aromatic N) is 4. The lowest BCUT2D eigenvalue weighted by Gasteiger charge is -2.35. The molecule has 0 bridgehead atoms. The predicted octanol–water partition coefficient (Wildman–Crippen LogP) is 2.99. The number of piperidine rings is 1. The Balaban J connectivity index is 1.44. The molecule has 4 rings (SSSR count). The van der Waals surface area contributed by atoms with Gasteiger partial charge in [0.15, 0.2) is 5.82 Å². The Labute approximate surface area is 160 Å². The van der Waals surface area contributed by atoms with E-state index in [0.717, 1.165) is 61.8 Å². The molecule has 2 aromatic rings. The standard InChI is InChI=1S/C21H26N4O2/c1-27-19-8-3-2-7-17(19)18-10-11-20(23-22-18)24-12-4-6-16(14-24)15-25-13-5-9-21(25)26/h2-3,7-8,10-11,16H,4-6,9,12-15H2,1H3. The fraction of sp³-hybridized carbons (Fsp3) is 0.476. The van der Waals surface area contributed by atoms with Crippen molar-refractivity contribution in [3.8, 4) is 17.0 Å². The van der Waals surface area contributed by atoms with Gasteiger partial charge in [0.25, 0.3) is 0 Å². The second-order valence-corrected chi connectivity index (χ2v) is 7.37. The molecule has 1 aromatic carbocycles. The third-order valence-electron chi connectivity index (χ3n) is 5.53. The van der Waals surface area contributed by atoms with Gasteiger partial charge in [0.05, 0.1) is 12.8 Å². The maximum atomic E-state index is 11.9. The second-order valence-electron chi connectivity index (χ2n) is 7.37. The summed E-state index contributed by atoms with van der Waals surface area (Å²) in [5, 5.41) is 8.91. The third kappa shape index (κ3) is 3.89. The van der Waals surface area contributed by atoms with Gasteiger partial charge in [0, 0.05) is 38.2 Å². The number of rotatable bonds is 5. The van der Waals surface area contributed by atoms with Crippen molar-refractivity contribution in [2.75, 3.05) is 38.2 Å². The molecule has 6 nitrogen and oxygen atoms in total. The summed E-state index contributed by atoms with van der Waals surface area (Å²) in [6.07, 6.45) is 4.02. The second kappa shape index (κ2) is 7.94. The number of benzene rings is 1. The van der Waals surface area contributed by atoms with E-state index in [-0.39, 0.29) is 0 Å². The van der Waals surface area contributed by atoms with E-state index in [1.807, 2.05) is 41.3 Å². The molecule has 2 saturated heterocycles. The number of methoxy groups -OCH3 is 1. The molecule has 0 saturated carbocycles. The van der Waals surface area contributed by atoms with Gasteiger partial charge in [-0.1, -0.05) is 12.1 Å². The Kier molecular flexibility index (Phi) is 5.23. The summed E-state index contributed by atoms with van der Waals surface area (Å²) in [6.45, 7) is 3.73. The fourth-order valence-corrected chi connectivity index (χ4v) is 4.12. The Bertz CT molecular complexity index is 793. The van der Waals surface area contributed by atoms with Crippen molar-refractivity contribution in [2.45, 2.75) is 25.7 Å². The summed E-state index contributed by atoms with van der Waals surface area (Å²) in [5.74, 6) is 2.53. The van der Waals surface area contributed by atoms with Gasteiger partial charge in [0.2, 0.25) is 5.91 Å². The zero-order chi connectivity index (χ0) is 18.6. The SMILES string of the molecule is COc1ccccc1-c1ccc(N2CCCC(CN3CCCC3=O)C2)nn1. The van der Waals surface area contributed by atoms with Crippen LogP contribution in [-0.4, -0.2) is 54.3 Å².